The van der Waals surface area contributed by atoms with Crippen LogP contribution in [0.15, 0.2) is 42.5 Å². The zero-order chi connectivity index (χ0) is 17.0. The van der Waals surface area contributed by atoms with E-state index in [-0.39, 0.29) is 22.9 Å². The molecule has 7 heteroatoms. The van der Waals surface area contributed by atoms with Crippen LogP contribution >= 0.6 is 11.6 Å². The predicted octanol–water partition coefficient (Wildman–Crippen LogP) is 3.53. The van der Waals surface area contributed by atoms with Gasteiger partial charge in [-0.25, -0.2) is 0 Å². The number of nitro groups is 1. The van der Waals surface area contributed by atoms with Crippen molar-refractivity contribution >= 4 is 23.2 Å². The van der Waals surface area contributed by atoms with Crippen molar-refractivity contribution in [3.8, 4) is 5.75 Å². The molecule has 0 aliphatic rings. The van der Waals surface area contributed by atoms with Crippen molar-refractivity contribution in [3.63, 3.8) is 0 Å². The minimum absolute atomic E-state index is 0.118. The summed E-state index contributed by atoms with van der Waals surface area (Å²) < 4.78 is 4.93. The topological polar surface area (TPSA) is 72.7 Å². The Morgan fingerprint density at radius 2 is 1.91 bits per heavy atom. The molecule has 2 aromatic rings. The van der Waals surface area contributed by atoms with E-state index in [0.29, 0.717) is 11.6 Å². The molecule has 0 aliphatic carbocycles. The molecule has 0 unspecified atom stereocenters. The number of hydrogen-bond acceptors (Lipinski definition) is 4. The van der Waals surface area contributed by atoms with E-state index in [1.165, 1.54) is 30.2 Å². The molecule has 6 nitrogen and oxygen atoms in total. The van der Waals surface area contributed by atoms with Crippen LogP contribution in [0.25, 0.3) is 0 Å². The smallest absolute Gasteiger partial charge is 0.311 e. The van der Waals surface area contributed by atoms with Crippen LogP contribution in [0.4, 0.5) is 5.69 Å². The lowest BCUT2D eigenvalue weighted by Crippen LogP contribution is -2.26. The van der Waals surface area contributed by atoms with Gasteiger partial charge in [-0.15, -0.1) is 0 Å². The summed E-state index contributed by atoms with van der Waals surface area (Å²) in [4.78, 5) is 24.4. The van der Waals surface area contributed by atoms with Gasteiger partial charge in [0.2, 0.25) is 0 Å². The number of carbonyl (C=O) groups is 1. The minimum atomic E-state index is -0.575. The summed E-state index contributed by atoms with van der Waals surface area (Å²) in [5.74, 6) is -0.197. The Kier molecular flexibility index (Phi) is 5.18. The van der Waals surface area contributed by atoms with E-state index in [4.69, 9.17) is 16.3 Å². The summed E-state index contributed by atoms with van der Waals surface area (Å²) in [6.07, 6.45) is 0. The molecule has 0 saturated carbocycles. The summed E-state index contributed by atoms with van der Waals surface area (Å²) in [6.45, 7) is 0.371. The van der Waals surface area contributed by atoms with Crippen LogP contribution in [0.2, 0.25) is 5.02 Å². The SMILES string of the molecule is COc1ccc(C(=O)N(C)Cc2ccc(Cl)cc2)cc1[N+](=O)[O-]. The highest BCUT2D eigenvalue weighted by Gasteiger charge is 2.20. The Balaban J connectivity index is 2.20. The molecule has 2 aromatic carbocycles. The molecule has 0 saturated heterocycles. The van der Waals surface area contributed by atoms with Crippen LogP contribution in [0.3, 0.4) is 0 Å². The van der Waals surface area contributed by atoms with Crippen LogP contribution < -0.4 is 4.74 Å². The fraction of sp³-hybridized carbons (Fsp3) is 0.188. The lowest BCUT2D eigenvalue weighted by Gasteiger charge is -2.17. The maximum Gasteiger partial charge on any atom is 0.311 e. The summed E-state index contributed by atoms with van der Waals surface area (Å²) >= 11 is 5.83. The highest BCUT2D eigenvalue weighted by Crippen LogP contribution is 2.28. The van der Waals surface area contributed by atoms with Crippen molar-refractivity contribution in [3.05, 3.63) is 68.7 Å². The monoisotopic (exact) mass is 334 g/mol. The van der Waals surface area contributed by atoms with Crippen molar-refractivity contribution in [1.82, 2.24) is 4.90 Å². The standard InChI is InChI=1S/C16H15ClN2O4/c1-18(10-11-3-6-13(17)7-4-11)16(20)12-5-8-15(23-2)14(9-12)19(21)22/h3-9H,10H2,1-2H3. The molecule has 120 valence electrons. The minimum Gasteiger partial charge on any atom is -0.490 e. The number of hydrogen-bond donors (Lipinski definition) is 0. The van der Waals surface area contributed by atoms with Crippen LogP contribution in [-0.2, 0) is 6.54 Å². The van der Waals surface area contributed by atoms with Crippen molar-refractivity contribution in [2.75, 3.05) is 14.2 Å². The van der Waals surface area contributed by atoms with Crippen LogP contribution in [0, 0.1) is 10.1 Å². The van der Waals surface area contributed by atoms with E-state index >= 15 is 0 Å². The number of nitrogens with zero attached hydrogens (tertiary/aromatic N) is 2. The van der Waals surface area contributed by atoms with E-state index in [0.717, 1.165) is 5.56 Å². The van der Waals surface area contributed by atoms with Gasteiger partial charge in [-0.05, 0) is 29.8 Å². The zero-order valence-electron chi connectivity index (χ0n) is 12.7. The van der Waals surface area contributed by atoms with Gasteiger partial charge in [0.05, 0.1) is 12.0 Å². The lowest BCUT2D eigenvalue weighted by molar-refractivity contribution is -0.385. The molecule has 2 rings (SSSR count). The molecule has 0 N–H and O–H groups in total. The summed E-state index contributed by atoms with van der Waals surface area (Å²) in [5.41, 5.74) is 0.903. The van der Waals surface area contributed by atoms with E-state index in [1.54, 1.807) is 19.2 Å². The molecular weight excluding hydrogens is 320 g/mol. The van der Waals surface area contributed by atoms with Crippen LogP contribution in [-0.4, -0.2) is 29.9 Å². The van der Waals surface area contributed by atoms with Crippen LogP contribution in [0.5, 0.6) is 5.75 Å². The van der Waals surface area contributed by atoms with E-state index in [1.807, 2.05) is 12.1 Å². The predicted molar refractivity (Wildman–Crippen MR) is 86.9 cm³/mol. The van der Waals surface area contributed by atoms with Crippen molar-refractivity contribution < 1.29 is 14.5 Å². The maximum atomic E-state index is 12.4. The number of benzene rings is 2. The lowest BCUT2D eigenvalue weighted by atomic mass is 10.1. The highest BCUT2D eigenvalue weighted by molar-refractivity contribution is 6.30. The van der Waals surface area contributed by atoms with Crippen molar-refractivity contribution in [2.24, 2.45) is 0 Å². The quantitative estimate of drug-likeness (QED) is 0.619. The second-order valence-corrected chi connectivity index (χ2v) is 5.37. The van der Waals surface area contributed by atoms with E-state index < -0.39 is 4.92 Å². The van der Waals surface area contributed by atoms with Crippen molar-refractivity contribution in [1.29, 1.82) is 0 Å². The highest BCUT2D eigenvalue weighted by atomic mass is 35.5. The molecule has 0 aliphatic heterocycles. The maximum absolute atomic E-state index is 12.4. The van der Waals surface area contributed by atoms with Gasteiger partial charge in [-0.3, -0.25) is 14.9 Å². The zero-order valence-corrected chi connectivity index (χ0v) is 13.4. The molecule has 0 aromatic heterocycles. The number of rotatable bonds is 5. The third-order valence-corrected chi connectivity index (χ3v) is 3.55. The Morgan fingerprint density at radius 3 is 2.48 bits per heavy atom. The van der Waals surface area contributed by atoms with Gasteiger partial charge in [-0.1, -0.05) is 23.7 Å². The van der Waals surface area contributed by atoms with E-state index in [9.17, 15) is 14.9 Å². The first-order valence-electron chi connectivity index (χ1n) is 6.74. The van der Waals surface area contributed by atoms with Gasteiger partial charge in [0.25, 0.3) is 5.91 Å². The van der Waals surface area contributed by atoms with Gasteiger partial charge in [-0.2, -0.15) is 0 Å². The molecule has 0 heterocycles. The average Bonchev–Trinajstić information content (AvgIpc) is 2.55. The number of amides is 1. The fourth-order valence-electron chi connectivity index (χ4n) is 2.12. The molecular formula is C16H15ClN2O4. The van der Waals surface area contributed by atoms with Gasteiger partial charge >= 0.3 is 5.69 Å². The molecule has 23 heavy (non-hydrogen) atoms. The Morgan fingerprint density at radius 1 is 1.26 bits per heavy atom. The largest absolute Gasteiger partial charge is 0.490 e. The Bertz CT molecular complexity index is 731. The van der Waals surface area contributed by atoms with Gasteiger partial charge < -0.3 is 9.64 Å². The Labute approximate surface area is 138 Å². The molecule has 1 amide bonds. The third-order valence-electron chi connectivity index (χ3n) is 3.30. The summed E-state index contributed by atoms with van der Waals surface area (Å²) in [7, 11) is 2.98. The number of methoxy groups -OCH3 is 1. The van der Waals surface area contributed by atoms with Gasteiger partial charge in [0.1, 0.15) is 0 Å². The Hall–Kier alpha value is -2.60. The number of carbonyl (C=O) groups excluding carboxylic acids is 1. The fourth-order valence-corrected chi connectivity index (χ4v) is 2.25. The number of halogens is 1. The van der Waals surface area contributed by atoms with Crippen LogP contribution in [0.1, 0.15) is 15.9 Å². The average molecular weight is 335 g/mol. The van der Waals surface area contributed by atoms with Gasteiger partial charge in [0.15, 0.2) is 5.75 Å². The van der Waals surface area contributed by atoms with E-state index in [2.05, 4.69) is 0 Å². The molecule has 0 spiro atoms. The summed E-state index contributed by atoms with van der Waals surface area (Å²) in [6, 6.07) is 11.3. The summed E-state index contributed by atoms with van der Waals surface area (Å²) in [5, 5.41) is 11.7. The van der Waals surface area contributed by atoms with Crippen molar-refractivity contribution in [2.45, 2.75) is 6.54 Å². The van der Waals surface area contributed by atoms with Gasteiger partial charge in [0, 0.05) is 30.2 Å². The molecule has 0 atom stereocenters. The second-order valence-electron chi connectivity index (χ2n) is 4.93. The molecule has 0 fully saturated rings. The normalized spacial score (nSPS) is 10.2. The third kappa shape index (κ3) is 3.98. The second kappa shape index (κ2) is 7.11. The molecule has 0 bridgehead atoms. The first-order valence-corrected chi connectivity index (χ1v) is 7.12. The number of ether oxygens (including phenoxy) is 1. The number of nitro benzene ring substituents is 1. The molecule has 0 radical (unpaired) electrons. The first-order chi connectivity index (χ1) is 10.9. The first kappa shape index (κ1) is 16.8.